The monoisotopic (exact) mass is 212 g/mol. The smallest absolute Gasteiger partial charge is 0.147 e. The number of rotatable bonds is 6. The van der Waals surface area contributed by atoms with Gasteiger partial charge in [0.15, 0.2) is 0 Å². The van der Waals surface area contributed by atoms with Gasteiger partial charge in [-0.2, -0.15) is 5.10 Å². The summed E-state index contributed by atoms with van der Waals surface area (Å²) in [4.78, 5) is 4.22. The van der Waals surface area contributed by atoms with Crippen molar-refractivity contribution < 1.29 is 5.11 Å². The molecule has 1 aromatic heterocycles. The second-order valence-corrected chi connectivity index (χ2v) is 3.72. The highest BCUT2D eigenvalue weighted by atomic mass is 16.3. The number of hydrogen-bond acceptors (Lipinski definition) is 4. The summed E-state index contributed by atoms with van der Waals surface area (Å²) >= 11 is 0. The van der Waals surface area contributed by atoms with Crippen LogP contribution in [0.5, 0.6) is 0 Å². The maximum atomic E-state index is 9.19. The number of aliphatic hydroxyl groups is 1. The van der Waals surface area contributed by atoms with E-state index in [4.69, 9.17) is 0 Å². The lowest BCUT2D eigenvalue weighted by Crippen LogP contribution is -2.37. The second kappa shape index (κ2) is 5.82. The Hall–Kier alpha value is -0.940. The fraction of sp³-hybridized carbons (Fsp3) is 0.800. The van der Waals surface area contributed by atoms with Crippen LogP contribution < -0.4 is 5.32 Å². The first-order valence-corrected chi connectivity index (χ1v) is 5.39. The summed E-state index contributed by atoms with van der Waals surface area (Å²) < 4.78 is 1.83. The van der Waals surface area contributed by atoms with E-state index in [0.29, 0.717) is 6.54 Å². The third kappa shape index (κ3) is 3.60. The minimum atomic E-state index is 0.0600. The van der Waals surface area contributed by atoms with Gasteiger partial charge in [-0.05, 0) is 26.8 Å². The van der Waals surface area contributed by atoms with Gasteiger partial charge in [-0.25, -0.2) is 9.67 Å². The van der Waals surface area contributed by atoms with Crippen molar-refractivity contribution in [3.05, 3.63) is 11.6 Å². The van der Waals surface area contributed by atoms with Gasteiger partial charge in [-0.1, -0.05) is 6.92 Å². The number of aromatic nitrogens is 3. The van der Waals surface area contributed by atoms with Crippen LogP contribution in [0.3, 0.4) is 0 Å². The molecule has 0 spiro atoms. The predicted octanol–water partition coefficient (Wildman–Crippen LogP) is 0.255. The molecule has 0 aliphatic heterocycles. The van der Waals surface area contributed by atoms with Crippen LogP contribution in [-0.2, 0) is 6.54 Å². The minimum absolute atomic E-state index is 0.0600. The van der Waals surface area contributed by atoms with E-state index < -0.39 is 0 Å². The average Bonchev–Trinajstić information content (AvgIpc) is 2.52. The van der Waals surface area contributed by atoms with Crippen LogP contribution in [0, 0.1) is 13.8 Å². The fourth-order valence-electron chi connectivity index (χ4n) is 1.48. The molecule has 86 valence electrons. The molecule has 0 bridgehead atoms. The van der Waals surface area contributed by atoms with Crippen molar-refractivity contribution in [3.63, 3.8) is 0 Å². The molecule has 5 nitrogen and oxygen atoms in total. The third-order valence-electron chi connectivity index (χ3n) is 2.26. The Balaban J connectivity index is 2.54. The van der Waals surface area contributed by atoms with Gasteiger partial charge in [0, 0.05) is 6.04 Å². The molecule has 0 aromatic carbocycles. The van der Waals surface area contributed by atoms with Gasteiger partial charge in [-0.15, -0.1) is 0 Å². The molecule has 1 rings (SSSR count). The number of aliphatic hydroxyl groups excluding tert-OH is 1. The summed E-state index contributed by atoms with van der Waals surface area (Å²) in [5.41, 5.74) is 0. The van der Waals surface area contributed by atoms with E-state index in [-0.39, 0.29) is 12.6 Å². The lowest BCUT2D eigenvalue weighted by atomic mass is 10.3. The Bertz CT molecular complexity index is 298. The molecule has 0 saturated carbocycles. The predicted molar refractivity (Wildman–Crippen MR) is 58.7 cm³/mol. The highest BCUT2D eigenvalue weighted by Gasteiger charge is 2.10. The van der Waals surface area contributed by atoms with Crippen molar-refractivity contribution in [1.82, 2.24) is 20.1 Å². The van der Waals surface area contributed by atoms with Gasteiger partial charge in [0.05, 0.1) is 13.2 Å². The molecule has 1 unspecified atom stereocenters. The zero-order valence-corrected chi connectivity index (χ0v) is 9.69. The van der Waals surface area contributed by atoms with Crippen molar-refractivity contribution in [2.24, 2.45) is 0 Å². The van der Waals surface area contributed by atoms with E-state index in [1.165, 1.54) is 0 Å². The van der Waals surface area contributed by atoms with Crippen LogP contribution in [0.15, 0.2) is 0 Å². The van der Waals surface area contributed by atoms with Crippen LogP contribution in [-0.4, -0.2) is 39.1 Å². The molecule has 0 fully saturated rings. The topological polar surface area (TPSA) is 63.0 Å². The van der Waals surface area contributed by atoms with E-state index in [1.54, 1.807) is 0 Å². The summed E-state index contributed by atoms with van der Waals surface area (Å²) in [5.74, 6) is 1.67. The van der Waals surface area contributed by atoms with Gasteiger partial charge < -0.3 is 10.4 Å². The van der Waals surface area contributed by atoms with Crippen molar-refractivity contribution in [2.45, 2.75) is 39.8 Å². The molecule has 15 heavy (non-hydrogen) atoms. The average molecular weight is 212 g/mol. The van der Waals surface area contributed by atoms with Crippen LogP contribution >= 0.6 is 0 Å². The molecule has 1 aromatic rings. The Kier molecular flexibility index (Phi) is 4.71. The van der Waals surface area contributed by atoms with Crippen molar-refractivity contribution in [1.29, 1.82) is 0 Å². The highest BCUT2D eigenvalue weighted by Crippen LogP contribution is 1.98. The number of nitrogens with zero attached hydrogens (tertiary/aromatic N) is 3. The highest BCUT2D eigenvalue weighted by molar-refractivity contribution is 4.88. The SMILES string of the molecule is CCCNC(CO)Cn1nc(C)nc1C. The number of nitrogens with one attached hydrogen (secondary N) is 1. The molecule has 1 heterocycles. The zero-order chi connectivity index (χ0) is 11.3. The standard InChI is InChI=1S/C10H20N4O/c1-4-5-11-10(7-15)6-14-9(3)12-8(2)13-14/h10-11,15H,4-7H2,1-3H3. The van der Waals surface area contributed by atoms with Gasteiger partial charge in [0.2, 0.25) is 0 Å². The largest absolute Gasteiger partial charge is 0.395 e. The second-order valence-electron chi connectivity index (χ2n) is 3.72. The van der Waals surface area contributed by atoms with Crippen LogP contribution in [0.4, 0.5) is 0 Å². The van der Waals surface area contributed by atoms with Crippen LogP contribution in [0.1, 0.15) is 25.0 Å². The molecule has 0 saturated heterocycles. The fourth-order valence-corrected chi connectivity index (χ4v) is 1.48. The Morgan fingerprint density at radius 1 is 1.47 bits per heavy atom. The van der Waals surface area contributed by atoms with Crippen molar-refractivity contribution in [2.75, 3.05) is 13.2 Å². The van der Waals surface area contributed by atoms with E-state index in [2.05, 4.69) is 22.3 Å². The maximum absolute atomic E-state index is 9.19. The third-order valence-corrected chi connectivity index (χ3v) is 2.26. The van der Waals surface area contributed by atoms with Crippen LogP contribution in [0.25, 0.3) is 0 Å². The summed E-state index contributed by atoms with van der Waals surface area (Å²) in [7, 11) is 0. The van der Waals surface area contributed by atoms with E-state index in [0.717, 1.165) is 24.6 Å². The quantitative estimate of drug-likeness (QED) is 0.710. The number of aryl methyl sites for hydroxylation is 2. The normalized spacial score (nSPS) is 13.1. The molecule has 0 aliphatic carbocycles. The van der Waals surface area contributed by atoms with Gasteiger partial charge >= 0.3 is 0 Å². The van der Waals surface area contributed by atoms with E-state index in [1.807, 2.05) is 18.5 Å². The Morgan fingerprint density at radius 2 is 2.20 bits per heavy atom. The Morgan fingerprint density at radius 3 is 2.67 bits per heavy atom. The first-order valence-electron chi connectivity index (χ1n) is 5.39. The van der Waals surface area contributed by atoms with Crippen molar-refractivity contribution >= 4 is 0 Å². The van der Waals surface area contributed by atoms with Crippen molar-refractivity contribution in [3.8, 4) is 0 Å². The molecular weight excluding hydrogens is 192 g/mol. The molecule has 0 aliphatic rings. The molecule has 5 heteroatoms. The van der Waals surface area contributed by atoms with Gasteiger partial charge in [0.1, 0.15) is 11.6 Å². The molecule has 0 radical (unpaired) electrons. The van der Waals surface area contributed by atoms with E-state index in [9.17, 15) is 5.11 Å². The zero-order valence-electron chi connectivity index (χ0n) is 9.69. The molecule has 0 amide bonds. The molecule has 1 atom stereocenters. The summed E-state index contributed by atoms with van der Waals surface area (Å²) in [6, 6.07) is 0.0600. The lowest BCUT2D eigenvalue weighted by Gasteiger charge is -2.15. The Labute approximate surface area is 90.5 Å². The lowest BCUT2D eigenvalue weighted by molar-refractivity contribution is 0.224. The first kappa shape index (κ1) is 12.1. The number of hydrogen-bond donors (Lipinski definition) is 2. The van der Waals surface area contributed by atoms with Gasteiger partial charge in [0.25, 0.3) is 0 Å². The summed E-state index contributed by atoms with van der Waals surface area (Å²) in [6.07, 6.45) is 1.06. The summed E-state index contributed by atoms with van der Waals surface area (Å²) in [5, 5.41) is 16.7. The molecule has 2 N–H and O–H groups in total. The summed E-state index contributed by atoms with van der Waals surface area (Å²) in [6.45, 7) is 7.61. The minimum Gasteiger partial charge on any atom is -0.395 e. The first-order chi connectivity index (χ1) is 7.17. The van der Waals surface area contributed by atoms with Crippen LogP contribution in [0.2, 0.25) is 0 Å². The van der Waals surface area contributed by atoms with Gasteiger partial charge in [-0.3, -0.25) is 0 Å². The maximum Gasteiger partial charge on any atom is 0.147 e. The molecular formula is C10H20N4O. The van der Waals surface area contributed by atoms with E-state index >= 15 is 0 Å².